The van der Waals surface area contributed by atoms with Gasteiger partial charge in [-0.2, -0.15) is 4.68 Å². The molecule has 0 aliphatic heterocycles. The van der Waals surface area contributed by atoms with Crippen LogP contribution in [0.15, 0.2) is 54.6 Å². The fraction of sp³-hybridized carbons (Fsp3) is 0.429. The third-order valence-electron chi connectivity index (χ3n) is 6.83. The van der Waals surface area contributed by atoms with E-state index in [1.54, 1.807) is 11.6 Å². The average molecular weight is 491 g/mol. The molecule has 1 amide bonds. The Morgan fingerprint density at radius 2 is 1.75 bits per heavy atom. The summed E-state index contributed by atoms with van der Waals surface area (Å²) in [5.41, 5.74) is 3.60. The number of nitrogens with one attached hydrogen (secondary N) is 1. The number of carbonyl (C=O) groups is 2. The van der Waals surface area contributed by atoms with E-state index in [2.05, 4.69) is 27.8 Å². The Hall–Kier alpha value is -3.68. The van der Waals surface area contributed by atoms with Crippen molar-refractivity contribution in [3.05, 3.63) is 71.4 Å². The van der Waals surface area contributed by atoms with Crippen LogP contribution in [0.2, 0.25) is 0 Å². The third-order valence-corrected chi connectivity index (χ3v) is 6.83. The van der Waals surface area contributed by atoms with Crippen molar-refractivity contribution in [1.82, 2.24) is 15.0 Å². The van der Waals surface area contributed by atoms with Crippen LogP contribution >= 0.6 is 0 Å². The molecule has 1 aliphatic carbocycles. The number of ether oxygens (including phenoxy) is 2. The molecule has 2 aromatic carbocycles. The van der Waals surface area contributed by atoms with Gasteiger partial charge in [0.25, 0.3) is 0 Å². The Morgan fingerprint density at radius 3 is 2.42 bits per heavy atom. The molecule has 1 atom stereocenters. The topological polar surface area (TPSA) is 95.3 Å². The molecule has 1 heterocycles. The quantitative estimate of drug-likeness (QED) is 0.383. The van der Waals surface area contributed by atoms with E-state index >= 15 is 0 Å². The zero-order chi connectivity index (χ0) is 25.5. The summed E-state index contributed by atoms with van der Waals surface area (Å²) in [6.07, 6.45) is 3.76. The smallest absolute Gasteiger partial charge is 0.413 e. The predicted molar refractivity (Wildman–Crippen MR) is 137 cm³/mol. The number of anilines is 1. The van der Waals surface area contributed by atoms with Gasteiger partial charge in [-0.3, -0.25) is 10.1 Å². The normalized spacial score (nSPS) is 18.3. The first-order valence-corrected chi connectivity index (χ1v) is 12.7. The van der Waals surface area contributed by atoms with Crippen molar-refractivity contribution in [2.75, 3.05) is 11.9 Å². The van der Waals surface area contributed by atoms with Crippen LogP contribution in [-0.4, -0.2) is 33.7 Å². The van der Waals surface area contributed by atoms with E-state index in [1.807, 2.05) is 56.3 Å². The molecule has 0 spiro atoms. The van der Waals surface area contributed by atoms with Gasteiger partial charge in [-0.05, 0) is 81.5 Å². The van der Waals surface area contributed by atoms with E-state index in [4.69, 9.17) is 9.47 Å². The highest BCUT2D eigenvalue weighted by Gasteiger charge is 2.25. The predicted octanol–water partition coefficient (Wildman–Crippen LogP) is 6.11. The van der Waals surface area contributed by atoms with Crippen molar-refractivity contribution < 1.29 is 19.1 Å². The van der Waals surface area contributed by atoms with Crippen LogP contribution in [0.25, 0.3) is 5.69 Å². The number of benzene rings is 2. The number of rotatable bonds is 8. The molecule has 4 rings (SSSR count). The minimum absolute atomic E-state index is 0.0868. The number of carbonyl (C=O) groups excluding carboxylic acids is 2. The van der Waals surface area contributed by atoms with Crippen molar-refractivity contribution >= 4 is 17.9 Å². The molecule has 1 saturated carbocycles. The highest BCUT2D eigenvalue weighted by atomic mass is 16.6. The second-order valence-electron chi connectivity index (χ2n) is 9.34. The van der Waals surface area contributed by atoms with E-state index in [9.17, 15) is 9.59 Å². The summed E-state index contributed by atoms with van der Waals surface area (Å²) in [7, 11) is 0. The van der Waals surface area contributed by atoms with Gasteiger partial charge in [0, 0.05) is 6.42 Å². The monoisotopic (exact) mass is 490 g/mol. The molecular formula is C28H34N4O4. The zero-order valence-electron chi connectivity index (χ0n) is 21.1. The number of nitrogens with zero attached hydrogens (tertiary/aromatic N) is 3. The maximum atomic E-state index is 12.6. The first kappa shape index (κ1) is 25.4. The van der Waals surface area contributed by atoms with Crippen molar-refractivity contribution in [2.45, 2.75) is 64.9 Å². The highest BCUT2D eigenvalue weighted by Crippen LogP contribution is 2.37. The minimum Gasteiger partial charge on any atom is -0.466 e. The molecule has 36 heavy (non-hydrogen) atoms. The lowest BCUT2D eigenvalue weighted by molar-refractivity contribution is -0.144. The lowest BCUT2D eigenvalue weighted by Crippen LogP contribution is -2.19. The number of hydrogen-bond donors (Lipinski definition) is 1. The molecule has 1 aliphatic rings. The van der Waals surface area contributed by atoms with Crippen molar-refractivity contribution in [2.24, 2.45) is 5.92 Å². The van der Waals surface area contributed by atoms with Gasteiger partial charge in [0.15, 0.2) is 5.82 Å². The van der Waals surface area contributed by atoms with Gasteiger partial charge in [0.2, 0.25) is 0 Å². The molecule has 190 valence electrons. The fourth-order valence-electron chi connectivity index (χ4n) is 4.80. The van der Waals surface area contributed by atoms with Crippen LogP contribution in [-0.2, 0) is 14.3 Å². The summed E-state index contributed by atoms with van der Waals surface area (Å²) >= 11 is 0. The van der Waals surface area contributed by atoms with Gasteiger partial charge in [-0.15, -0.1) is 5.10 Å². The average Bonchev–Trinajstić information content (AvgIpc) is 3.25. The van der Waals surface area contributed by atoms with Gasteiger partial charge in [-0.1, -0.05) is 47.7 Å². The van der Waals surface area contributed by atoms with Crippen LogP contribution in [0.4, 0.5) is 10.6 Å². The number of aromatic nitrogens is 3. The summed E-state index contributed by atoms with van der Waals surface area (Å²) in [6, 6.07) is 17.8. The number of aryl methyl sites for hydroxylation is 1. The molecule has 1 unspecified atom stereocenters. The lowest BCUT2D eigenvalue weighted by Gasteiger charge is -2.28. The summed E-state index contributed by atoms with van der Waals surface area (Å²) in [5, 5.41) is 11.2. The Bertz CT molecular complexity index is 1150. The Balaban J connectivity index is 1.37. The van der Waals surface area contributed by atoms with E-state index in [1.165, 1.54) is 5.56 Å². The molecule has 0 saturated heterocycles. The van der Waals surface area contributed by atoms with Crippen LogP contribution in [0, 0.1) is 12.8 Å². The van der Waals surface area contributed by atoms with Gasteiger partial charge in [-0.25, -0.2) is 4.79 Å². The first-order chi connectivity index (χ1) is 17.4. The minimum atomic E-state index is -0.561. The number of amides is 1. The Morgan fingerprint density at radius 1 is 1.06 bits per heavy atom. The van der Waals surface area contributed by atoms with Crippen LogP contribution < -0.4 is 5.32 Å². The van der Waals surface area contributed by atoms with Gasteiger partial charge in [0.05, 0.1) is 12.3 Å². The summed E-state index contributed by atoms with van der Waals surface area (Å²) in [6.45, 7) is 5.91. The van der Waals surface area contributed by atoms with Crippen LogP contribution in [0.3, 0.4) is 0 Å². The maximum Gasteiger partial charge on any atom is 0.413 e. The first-order valence-electron chi connectivity index (χ1n) is 12.7. The van der Waals surface area contributed by atoms with Crippen molar-refractivity contribution in [1.29, 1.82) is 0 Å². The van der Waals surface area contributed by atoms with Gasteiger partial charge < -0.3 is 9.47 Å². The second kappa shape index (κ2) is 11.8. The lowest BCUT2D eigenvalue weighted by atomic mass is 9.77. The summed E-state index contributed by atoms with van der Waals surface area (Å²) in [5.74, 6) is 1.28. The SMILES string of the molecule is CCOC(=O)CC1CCC(c2ccc(-n3nnc(C)c3NC(=O)OC(C)c3ccccc3)cc2)CC1. The van der Waals surface area contributed by atoms with Crippen LogP contribution in [0.1, 0.15) is 74.8 Å². The standard InChI is InChI=1S/C28H34N4O4/c1-4-35-26(33)18-21-10-12-23(13-11-21)24-14-16-25(17-15-24)32-27(19(2)30-31-32)29-28(34)36-20(3)22-8-6-5-7-9-22/h5-9,14-17,20-21,23H,4,10-13,18H2,1-3H3,(H,29,34). The summed E-state index contributed by atoms with van der Waals surface area (Å²) in [4.78, 5) is 24.4. The number of esters is 1. The van der Waals surface area contributed by atoms with Crippen LogP contribution in [0.5, 0.6) is 0 Å². The Labute approximate surface area is 212 Å². The molecule has 8 nitrogen and oxygen atoms in total. The maximum absolute atomic E-state index is 12.6. The van der Waals surface area contributed by atoms with E-state index in [0.717, 1.165) is 36.9 Å². The molecule has 8 heteroatoms. The molecule has 1 fully saturated rings. The molecule has 1 N–H and O–H groups in total. The second-order valence-corrected chi connectivity index (χ2v) is 9.34. The Kier molecular flexibility index (Phi) is 8.36. The summed E-state index contributed by atoms with van der Waals surface area (Å²) < 4.78 is 12.3. The molecule has 0 radical (unpaired) electrons. The van der Waals surface area contributed by atoms with Gasteiger partial charge in [0.1, 0.15) is 11.8 Å². The van der Waals surface area contributed by atoms with E-state index in [-0.39, 0.29) is 12.1 Å². The molecular weight excluding hydrogens is 456 g/mol. The third kappa shape index (κ3) is 6.30. The molecule has 3 aromatic rings. The zero-order valence-corrected chi connectivity index (χ0v) is 21.1. The van der Waals surface area contributed by atoms with Crippen molar-refractivity contribution in [3.8, 4) is 5.69 Å². The van der Waals surface area contributed by atoms with Gasteiger partial charge >= 0.3 is 12.1 Å². The molecule has 0 bridgehead atoms. The highest BCUT2D eigenvalue weighted by molar-refractivity contribution is 5.84. The largest absolute Gasteiger partial charge is 0.466 e. The van der Waals surface area contributed by atoms with Crippen molar-refractivity contribution in [3.63, 3.8) is 0 Å². The number of hydrogen-bond acceptors (Lipinski definition) is 6. The van der Waals surface area contributed by atoms with E-state index < -0.39 is 6.09 Å². The fourth-order valence-corrected chi connectivity index (χ4v) is 4.80. The molecule has 1 aromatic heterocycles. The van der Waals surface area contributed by atoms with E-state index in [0.29, 0.717) is 36.4 Å².